The molecule has 0 aliphatic carbocycles. The summed E-state index contributed by atoms with van der Waals surface area (Å²) in [5.74, 6) is 1.81. The average molecular weight is 390 g/mol. The van der Waals surface area contributed by atoms with Gasteiger partial charge in [-0.25, -0.2) is 4.98 Å². The molecule has 6 heteroatoms. The minimum Gasteiger partial charge on any atom is -0.363 e. The fourth-order valence-corrected chi connectivity index (χ4v) is 2.75. The molecule has 0 bridgehead atoms. The molecule has 0 fully saturated rings. The van der Waals surface area contributed by atoms with Gasteiger partial charge in [0.05, 0.1) is 0 Å². The van der Waals surface area contributed by atoms with E-state index in [1.165, 1.54) is 11.1 Å². The van der Waals surface area contributed by atoms with Crippen molar-refractivity contribution in [3.8, 4) is 0 Å². The zero-order valence-electron chi connectivity index (χ0n) is 14.6. The number of hydrogen-bond donors (Lipinski definition) is 1. The van der Waals surface area contributed by atoms with Crippen molar-refractivity contribution < 1.29 is 0 Å². The van der Waals surface area contributed by atoms with Crippen molar-refractivity contribution in [3.05, 3.63) is 58.2 Å². The van der Waals surface area contributed by atoms with E-state index < -0.39 is 0 Å². The highest BCUT2D eigenvalue weighted by Gasteiger charge is 2.09. The number of aromatic nitrogens is 1. The predicted molar refractivity (Wildman–Crippen MR) is 104 cm³/mol. The zero-order valence-corrected chi connectivity index (χ0v) is 16.2. The number of rotatable bonds is 5. The quantitative estimate of drug-likeness (QED) is 0.630. The summed E-state index contributed by atoms with van der Waals surface area (Å²) in [7, 11) is 7.82. The van der Waals surface area contributed by atoms with E-state index in [1.807, 2.05) is 50.4 Å². The molecule has 0 radical (unpaired) electrons. The molecule has 1 aromatic carbocycles. The van der Waals surface area contributed by atoms with Crippen LogP contribution >= 0.6 is 15.9 Å². The third kappa shape index (κ3) is 4.96. The number of anilines is 1. The molecule has 128 valence electrons. The molecule has 0 unspecified atom stereocenters. The van der Waals surface area contributed by atoms with Gasteiger partial charge in [0.25, 0.3) is 0 Å². The third-order valence-corrected chi connectivity index (χ3v) is 4.43. The molecule has 0 aliphatic rings. The van der Waals surface area contributed by atoms with Crippen molar-refractivity contribution in [1.29, 1.82) is 0 Å². The van der Waals surface area contributed by atoms with Crippen LogP contribution in [-0.2, 0) is 13.1 Å². The van der Waals surface area contributed by atoms with Gasteiger partial charge in [-0.05, 0) is 29.3 Å². The fraction of sp³-hybridized carbons (Fsp3) is 0.333. The average Bonchev–Trinajstić information content (AvgIpc) is 2.57. The summed E-state index contributed by atoms with van der Waals surface area (Å²) in [5.41, 5.74) is 2.39. The molecule has 0 amide bonds. The Morgan fingerprint density at radius 2 is 1.96 bits per heavy atom. The van der Waals surface area contributed by atoms with Crippen molar-refractivity contribution in [1.82, 2.24) is 15.2 Å². The van der Waals surface area contributed by atoms with Crippen molar-refractivity contribution in [2.24, 2.45) is 4.99 Å². The largest absolute Gasteiger partial charge is 0.363 e. The van der Waals surface area contributed by atoms with Crippen molar-refractivity contribution in [2.75, 3.05) is 33.1 Å². The highest BCUT2D eigenvalue weighted by molar-refractivity contribution is 9.10. The Morgan fingerprint density at radius 1 is 1.21 bits per heavy atom. The highest BCUT2D eigenvalue weighted by Crippen LogP contribution is 2.17. The second kappa shape index (κ2) is 8.68. The smallest absolute Gasteiger partial charge is 0.193 e. The van der Waals surface area contributed by atoms with Gasteiger partial charge < -0.3 is 15.1 Å². The molecule has 0 spiro atoms. The standard InChI is InChI=1S/C18H24BrN5/c1-20-18(24(4)13-15-7-5-6-8-16(15)19)22-12-14-9-10-21-17(11-14)23(2)3/h5-11H,12-13H2,1-4H3,(H,20,22). The van der Waals surface area contributed by atoms with Crippen molar-refractivity contribution >= 4 is 27.7 Å². The summed E-state index contributed by atoms with van der Waals surface area (Å²) in [4.78, 5) is 12.8. The summed E-state index contributed by atoms with van der Waals surface area (Å²) in [6.45, 7) is 1.48. The van der Waals surface area contributed by atoms with Crippen LogP contribution in [0.3, 0.4) is 0 Å². The minimum absolute atomic E-state index is 0.705. The number of nitrogens with one attached hydrogen (secondary N) is 1. The van der Waals surface area contributed by atoms with Crippen LogP contribution in [0.4, 0.5) is 5.82 Å². The minimum atomic E-state index is 0.705. The Kier molecular flexibility index (Phi) is 6.61. The first-order valence-corrected chi connectivity index (χ1v) is 8.58. The molecule has 1 N–H and O–H groups in total. The summed E-state index contributed by atoms with van der Waals surface area (Å²) < 4.78 is 1.11. The summed E-state index contributed by atoms with van der Waals surface area (Å²) in [6, 6.07) is 12.3. The molecule has 0 aliphatic heterocycles. The Labute approximate surface area is 152 Å². The lowest BCUT2D eigenvalue weighted by Crippen LogP contribution is -2.38. The Morgan fingerprint density at radius 3 is 2.62 bits per heavy atom. The maximum atomic E-state index is 4.38. The summed E-state index contributed by atoms with van der Waals surface area (Å²) in [6.07, 6.45) is 1.83. The Bertz CT molecular complexity index is 699. The van der Waals surface area contributed by atoms with Crippen LogP contribution in [0.2, 0.25) is 0 Å². The van der Waals surface area contributed by atoms with Crippen LogP contribution in [0.5, 0.6) is 0 Å². The van der Waals surface area contributed by atoms with E-state index in [-0.39, 0.29) is 0 Å². The fourth-order valence-electron chi connectivity index (χ4n) is 2.34. The monoisotopic (exact) mass is 389 g/mol. The van der Waals surface area contributed by atoms with Gasteiger partial charge in [-0.15, -0.1) is 0 Å². The van der Waals surface area contributed by atoms with Gasteiger partial charge in [0.1, 0.15) is 5.82 Å². The molecule has 2 aromatic rings. The van der Waals surface area contributed by atoms with Crippen LogP contribution in [-0.4, -0.2) is 44.0 Å². The van der Waals surface area contributed by atoms with Crippen molar-refractivity contribution in [3.63, 3.8) is 0 Å². The second-order valence-electron chi connectivity index (χ2n) is 5.76. The van der Waals surface area contributed by atoms with E-state index >= 15 is 0 Å². The molecule has 1 heterocycles. The molecule has 24 heavy (non-hydrogen) atoms. The lowest BCUT2D eigenvalue weighted by atomic mass is 10.2. The first kappa shape index (κ1) is 18.3. The number of hydrogen-bond acceptors (Lipinski definition) is 3. The molecule has 5 nitrogen and oxygen atoms in total. The first-order valence-electron chi connectivity index (χ1n) is 7.78. The number of nitrogens with zero attached hydrogens (tertiary/aromatic N) is 4. The normalized spacial score (nSPS) is 11.3. The number of aliphatic imine (C=N–C) groups is 1. The van der Waals surface area contributed by atoms with Gasteiger partial charge in [-0.3, -0.25) is 4.99 Å². The van der Waals surface area contributed by atoms with Gasteiger partial charge in [0, 0.05) is 51.9 Å². The topological polar surface area (TPSA) is 43.8 Å². The molecular formula is C18H24BrN5. The number of benzene rings is 1. The summed E-state index contributed by atoms with van der Waals surface area (Å²) in [5, 5.41) is 3.41. The van der Waals surface area contributed by atoms with Gasteiger partial charge in [-0.1, -0.05) is 34.1 Å². The van der Waals surface area contributed by atoms with Gasteiger partial charge in [0.15, 0.2) is 5.96 Å². The Hall–Kier alpha value is -2.08. The van der Waals surface area contributed by atoms with Crippen LogP contribution in [0.25, 0.3) is 0 Å². The van der Waals surface area contributed by atoms with E-state index in [0.29, 0.717) is 6.54 Å². The van der Waals surface area contributed by atoms with Crippen molar-refractivity contribution in [2.45, 2.75) is 13.1 Å². The van der Waals surface area contributed by atoms with Gasteiger partial charge in [0.2, 0.25) is 0 Å². The zero-order chi connectivity index (χ0) is 17.5. The van der Waals surface area contributed by atoms with E-state index in [1.54, 1.807) is 7.05 Å². The molecular weight excluding hydrogens is 366 g/mol. The van der Waals surface area contributed by atoms with E-state index in [2.05, 4.69) is 54.3 Å². The molecule has 0 saturated carbocycles. The molecule has 0 saturated heterocycles. The lowest BCUT2D eigenvalue weighted by molar-refractivity contribution is 0.475. The third-order valence-electron chi connectivity index (χ3n) is 3.66. The number of pyridine rings is 1. The van der Waals surface area contributed by atoms with Crippen LogP contribution in [0, 0.1) is 0 Å². The summed E-state index contributed by atoms with van der Waals surface area (Å²) >= 11 is 3.59. The van der Waals surface area contributed by atoms with Crippen LogP contribution < -0.4 is 10.2 Å². The molecule has 1 aromatic heterocycles. The van der Waals surface area contributed by atoms with E-state index in [0.717, 1.165) is 22.8 Å². The molecule has 0 atom stereocenters. The predicted octanol–water partition coefficient (Wildman–Crippen LogP) is 3.12. The maximum Gasteiger partial charge on any atom is 0.193 e. The first-order chi connectivity index (χ1) is 11.5. The van der Waals surface area contributed by atoms with E-state index in [9.17, 15) is 0 Å². The molecule has 2 rings (SSSR count). The highest BCUT2D eigenvalue weighted by atomic mass is 79.9. The Balaban J connectivity index is 1.99. The second-order valence-corrected chi connectivity index (χ2v) is 6.62. The number of halogens is 1. The SMILES string of the molecule is CN=C(NCc1ccnc(N(C)C)c1)N(C)Cc1ccccc1Br. The lowest BCUT2D eigenvalue weighted by Gasteiger charge is -2.23. The van der Waals surface area contributed by atoms with Crippen LogP contribution in [0.1, 0.15) is 11.1 Å². The van der Waals surface area contributed by atoms with Crippen LogP contribution in [0.15, 0.2) is 52.1 Å². The number of guanidine groups is 1. The van der Waals surface area contributed by atoms with E-state index in [4.69, 9.17) is 0 Å². The maximum absolute atomic E-state index is 4.38. The van der Waals surface area contributed by atoms with Gasteiger partial charge in [-0.2, -0.15) is 0 Å². The van der Waals surface area contributed by atoms with Gasteiger partial charge >= 0.3 is 0 Å².